The van der Waals surface area contributed by atoms with Crippen LogP contribution < -0.4 is 5.32 Å². The zero-order chi connectivity index (χ0) is 18.0. The highest BCUT2D eigenvalue weighted by Crippen LogP contribution is 2.39. The Morgan fingerprint density at radius 1 is 1.36 bits per heavy atom. The van der Waals surface area contributed by atoms with Gasteiger partial charge in [-0.2, -0.15) is 10.1 Å². The van der Waals surface area contributed by atoms with Crippen LogP contribution in [0.25, 0.3) is 0 Å². The second kappa shape index (κ2) is 7.45. The van der Waals surface area contributed by atoms with E-state index < -0.39 is 12.0 Å². The molecule has 0 aliphatic carbocycles. The van der Waals surface area contributed by atoms with Crippen molar-refractivity contribution in [2.75, 3.05) is 11.9 Å². The fraction of sp³-hybridized carbons (Fsp3) is 0.353. The molecular formula is C17H18Cl2N4O2. The van der Waals surface area contributed by atoms with Crippen molar-refractivity contribution < 1.29 is 9.53 Å². The normalized spacial score (nSPS) is 16.4. The number of halogens is 2. The van der Waals surface area contributed by atoms with Crippen molar-refractivity contribution in [3.8, 4) is 0 Å². The van der Waals surface area contributed by atoms with E-state index in [1.807, 2.05) is 6.92 Å². The first-order valence-corrected chi connectivity index (χ1v) is 8.84. The van der Waals surface area contributed by atoms with Crippen LogP contribution in [0.1, 0.15) is 38.3 Å². The van der Waals surface area contributed by atoms with Crippen molar-refractivity contribution in [1.82, 2.24) is 14.8 Å². The van der Waals surface area contributed by atoms with E-state index in [2.05, 4.69) is 15.4 Å². The number of carbonyl (C=O) groups excluding carboxylic acids is 1. The Bertz CT molecular complexity index is 832. The first-order chi connectivity index (χ1) is 12.1. The number of anilines is 1. The van der Waals surface area contributed by atoms with E-state index in [1.165, 1.54) is 6.33 Å². The summed E-state index contributed by atoms with van der Waals surface area (Å²) in [5, 5.41) is 8.45. The number of allylic oxidation sites excluding steroid dienone is 1. The smallest absolute Gasteiger partial charge is 0.338 e. The molecule has 25 heavy (non-hydrogen) atoms. The maximum atomic E-state index is 12.7. The second-order valence-electron chi connectivity index (χ2n) is 5.58. The van der Waals surface area contributed by atoms with Crippen LogP contribution in [0.2, 0.25) is 10.0 Å². The standard InChI is InChI=1S/C17H18Cl2N4O2/c1-3-5-13-14(16(24)25-4-2)15(23-17(22-13)20-9-21-23)11-7-6-10(18)8-12(11)19/h6-9,15H,3-5H2,1-2H3,(H,20,21,22)/t15-/m0/s1. The molecule has 0 spiro atoms. The van der Waals surface area contributed by atoms with Crippen molar-refractivity contribution in [2.24, 2.45) is 0 Å². The lowest BCUT2D eigenvalue weighted by atomic mass is 9.94. The molecule has 0 unspecified atom stereocenters. The van der Waals surface area contributed by atoms with Gasteiger partial charge in [0.1, 0.15) is 12.4 Å². The van der Waals surface area contributed by atoms with Crippen LogP contribution in [0, 0.1) is 0 Å². The van der Waals surface area contributed by atoms with Gasteiger partial charge in [0.25, 0.3) is 0 Å². The molecule has 1 aliphatic heterocycles. The van der Waals surface area contributed by atoms with E-state index >= 15 is 0 Å². The summed E-state index contributed by atoms with van der Waals surface area (Å²) in [6.45, 7) is 4.10. The van der Waals surface area contributed by atoms with Gasteiger partial charge in [0.2, 0.25) is 5.95 Å². The summed E-state index contributed by atoms with van der Waals surface area (Å²) >= 11 is 12.5. The molecule has 0 saturated carbocycles. The molecule has 1 N–H and O–H groups in total. The van der Waals surface area contributed by atoms with Gasteiger partial charge in [-0.05, 0) is 25.5 Å². The van der Waals surface area contributed by atoms with Crippen LogP contribution in [-0.4, -0.2) is 27.3 Å². The predicted octanol–water partition coefficient (Wildman–Crippen LogP) is 4.22. The van der Waals surface area contributed by atoms with E-state index in [0.29, 0.717) is 28.0 Å². The molecule has 8 heteroatoms. The first kappa shape index (κ1) is 17.8. The molecule has 2 aromatic rings. The molecule has 0 fully saturated rings. The van der Waals surface area contributed by atoms with E-state index in [-0.39, 0.29) is 6.61 Å². The summed E-state index contributed by atoms with van der Waals surface area (Å²) in [5.74, 6) is 0.170. The lowest BCUT2D eigenvalue weighted by Crippen LogP contribution is -2.30. The Morgan fingerprint density at radius 3 is 2.84 bits per heavy atom. The van der Waals surface area contributed by atoms with E-state index in [0.717, 1.165) is 17.7 Å². The number of aromatic nitrogens is 3. The quantitative estimate of drug-likeness (QED) is 0.786. The number of benzene rings is 1. The van der Waals surface area contributed by atoms with Gasteiger partial charge in [0.15, 0.2) is 0 Å². The maximum absolute atomic E-state index is 12.7. The molecule has 1 aromatic carbocycles. The number of esters is 1. The number of nitrogens with one attached hydrogen (secondary N) is 1. The van der Waals surface area contributed by atoms with Crippen LogP contribution in [0.4, 0.5) is 5.95 Å². The van der Waals surface area contributed by atoms with Gasteiger partial charge in [-0.25, -0.2) is 9.48 Å². The Morgan fingerprint density at radius 2 is 2.16 bits per heavy atom. The second-order valence-corrected chi connectivity index (χ2v) is 6.43. The van der Waals surface area contributed by atoms with Gasteiger partial charge in [0, 0.05) is 21.3 Å². The molecule has 132 valence electrons. The summed E-state index contributed by atoms with van der Waals surface area (Å²) in [6, 6.07) is 4.67. The Balaban J connectivity index is 2.20. The topological polar surface area (TPSA) is 69.0 Å². The van der Waals surface area contributed by atoms with Gasteiger partial charge >= 0.3 is 5.97 Å². The molecule has 1 aromatic heterocycles. The highest BCUT2D eigenvalue weighted by atomic mass is 35.5. The number of hydrogen-bond acceptors (Lipinski definition) is 5. The number of fused-ring (bicyclic) bond motifs is 1. The molecule has 0 bridgehead atoms. The fourth-order valence-corrected chi connectivity index (χ4v) is 3.43. The van der Waals surface area contributed by atoms with Gasteiger partial charge in [0.05, 0.1) is 12.2 Å². The number of ether oxygens (including phenoxy) is 1. The lowest BCUT2D eigenvalue weighted by molar-refractivity contribution is -0.139. The molecule has 1 atom stereocenters. The average Bonchev–Trinajstić information content (AvgIpc) is 3.02. The van der Waals surface area contributed by atoms with Crippen molar-refractivity contribution in [2.45, 2.75) is 32.7 Å². The Hall–Kier alpha value is -2.05. The minimum absolute atomic E-state index is 0.285. The molecule has 0 saturated heterocycles. The average molecular weight is 381 g/mol. The van der Waals surface area contributed by atoms with E-state index in [9.17, 15) is 4.79 Å². The molecule has 6 nitrogen and oxygen atoms in total. The van der Waals surface area contributed by atoms with Gasteiger partial charge in [-0.1, -0.05) is 42.6 Å². The molecular weight excluding hydrogens is 363 g/mol. The van der Waals surface area contributed by atoms with Crippen molar-refractivity contribution in [1.29, 1.82) is 0 Å². The molecule has 1 aliphatic rings. The third kappa shape index (κ3) is 3.37. The van der Waals surface area contributed by atoms with Crippen LogP contribution in [0.3, 0.4) is 0 Å². The number of rotatable bonds is 5. The van der Waals surface area contributed by atoms with Gasteiger partial charge in [-0.15, -0.1) is 0 Å². The maximum Gasteiger partial charge on any atom is 0.338 e. The third-order valence-electron chi connectivity index (χ3n) is 3.93. The summed E-state index contributed by atoms with van der Waals surface area (Å²) in [4.78, 5) is 17.0. The zero-order valence-electron chi connectivity index (χ0n) is 13.9. The monoisotopic (exact) mass is 380 g/mol. The fourth-order valence-electron chi connectivity index (χ4n) is 2.92. The lowest BCUT2D eigenvalue weighted by Gasteiger charge is -2.29. The third-order valence-corrected chi connectivity index (χ3v) is 4.49. The summed E-state index contributed by atoms with van der Waals surface area (Å²) in [7, 11) is 0. The SMILES string of the molecule is CCCC1=C(C(=O)OCC)[C@H](c2ccc(Cl)cc2Cl)n2ncnc2N1. The van der Waals surface area contributed by atoms with E-state index in [4.69, 9.17) is 27.9 Å². The highest BCUT2D eigenvalue weighted by Gasteiger charge is 2.36. The molecule has 2 heterocycles. The van der Waals surface area contributed by atoms with Crippen molar-refractivity contribution >= 4 is 35.1 Å². The van der Waals surface area contributed by atoms with Crippen LogP contribution in [0.5, 0.6) is 0 Å². The summed E-state index contributed by atoms with van der Waals surface area (Å²) < 4.78 is 6.94. The predicted molar refractivity (Wildman–Crippen MR) is 96.8 cm³/mol. The number of hydrogen-bond donors (Lipinski definition) is 1. The minimum Gasteiger partial charge on any atom is -0.463 e. The van der Waals surface area contributed by atoms with Gasteiger partial charge < -0.3 is 10.1 Å². The first-order valence-electron chi connectivity index (χ1n) is 8.08. The summed E-state index contributed by atoms with van der Waals surface area (Å²) in [5.41, 5.74) is 1.99. The van der Waals surface area contributed by atoms with Crippen LogP contribution in [0.15, 0.2) is 35.8 Å². The van der Waals surface area contributed by atoms with Crippen LogP contribution in [-0.2, 0) is 9.53 Å². The number of carbonyl (C=O) groups is 1. The Labute approximate surface area is 155 Å². The summed E-state index contributed by atoms with van der Waals surface area (Å²) in [6.07, 6.45) is 2.99. The van der Waals surface area contributed by atoms with E-state index in [1.54, 1.807) is 29.8 Å². The molecule has 3 rings (SSSR count). The van der Waals surface area contributed by atoms with Crippen LogP contribution >= 0.6 is 23.2 Å². The zero-order valence-corrected chi connectivity index (χ0v) is 15.4. The van der Waals surface area contributed by atoms with Gasteiger partial charge in [-0.3, -0.25) is 0 Å². The molecule has 0 amide bonds. The molecule has 0 radical (unpaired) electrons. The highest BCUT2D eigenvalue weighted by molar-refractivity contribution is 6.35. The van der Waals surface area contributed by atoms with Crippen molar-refractivity contribution in [3.05, 3.63) is 51.4 Å². The van der Waals surface area contributed by atoms with Crippen molar-refractivity contribution in [3.63, 3.8) is 0 Å². The number of nitrogens with zero attached hydrogens (tertiary/aromatic N) is 3. The largest absolute Gasteiger partial charge is 0.463 e. The minimum atomic E-state index is -0.524. The Kier molecular flexibility index (Phi) is 5.30.